The van der Waals surface area contributed by atoms with E-state index in [1.807, 2.05) is 0 Å². The number of hydrogen-bond acceptors (Lipinski definition) is 1. The molecule has 0 aliphatic heterocycles. The number of urea groups is 1. The molecule has 0 aliphatic rings. The zero-order chi connectivity index (χ0) is 8.27. The van der Waals surface area contributed by atoms with Gasteiger partial charge in [0.1, 0.15) is 0 Å². The summed E-state index contributed by atoms with van der Waals surface area (Å²) >= 11 is 0. The SMILES string of the molecule is Cl.NC(=O)N(F)c1ccccc1. The van der Waals surface area contributed by atoms with Crippen molar-refractivity contribution in [2.75, 3.05) is 5.12 Å². The molecule has 12 heavy (non-hydrogen) atoms. The number of benzene rings is 1. The number of rotatable bonds is 1. The van der Waals surface area contributed by atoms with Crippen LogP contribution in [0.1, 0.15) is 0 Å². The molecule has 1 rings (SSSR count). The molecule has 0 aromatic heterocycles. The molecule has 0 fully saturated rings. The fourth-order valence-electron chi connectivity index (χ4n) is 0.686. The van der Waals surface area contributed by atoms with E-state index in [2.05, 4.69) is 5.73 Å². The van der Waals surface area contributed by atoms with Crippen molar-refractivity contribution in [3.8, 4) is 0 Å². The van der Waals surface area contributed by atoms with Gasteiger partial charge in [-0.25, -0.2) is 4.79 Å². The topological polar surface area (TPSA) is 46.3 Å². The van der Waals surface area contributed by atoms with Gasteiger partial charge in [0.05, 0.1) is 5.69 Å². The van der Waals surface area contributed by atoms with Crippen LogP contribution in [0.25, 0.3) is 0 Å². The van der Waals surface area contributed by atoms with Crippen LogP contribution in [0, 0.1) is 0 Å². The lowest BCUT2D eigenvalue weighted by atomic mass is 10.3. The molecule has 0 saturated heterocycles. The first-order valence-electron chi connectivity index (χ1n) is 3.02. The highest BCUT2D eigenvalue weighted by Gasteiger charge is 2.08. The Morgan fingerprint density at radius 3 is 2.25 bits per heavy atom. The van der Waals surface area contributed by atoms with Crippen LogP contribution in [0.3, 0.4) is 0 Å². The quantitative estimate of drug-likeness (QED) is 0.676. The second kappa shape index (κ2) is 4.56. The zero-order valence-electron chi connectivity index (χ0n) is 6.11. The molecule has 3 nitrogen and oxygen atoms in total. The van der Waals surface area contributed by atoms with E-state index in [1.165, 1.54) is 12.1 Å². The Balaban J connectivity index is 0.00000121. The van der Waals surface area contributed by atoms with E-state index in [0.717, 1.165) is 0 Å². The number of nitrogens with two attached hydrogens (primary N) is 1. The summed E-state index contributed by atoms with van der Waals surface area (Å²) in [5.74, 6) is 0. The second-order valence-electron chi connectivity index (χ2n) is 1.95. The minimum Gasteiger partial charge on any atom is -0.349 e. The van der Waals surface area contributed by atoms with Crippen molar-refractivity contribution >= 4 is 24.1 Å². The first-order valence-corrected chi connectivity index (χ1v) is 3.02. The molecule has 0 atom stereocenters. The van der Waals surface area contributed by atoms with Crippen molar-refractivity contribution in [2.45, 2.75) is 0 Å². The highest BCUT2D eigenvalue weighted by Crippen LogP contribution is 2.12. The predicted octanol–water partition coefficient (Wildman–Crippen LogP) is 1.88. The van der Waals surface area contributed by atoms with E-state index in [0.29, 0.717) is 0 Å². The average molecular weight is 191 g/mol. The lowest BCUT2D eigenvalue weighted by molar-refractivity contribution is 0.241. The smallest absolute Gasteiger partial charge is 0.347 e. The summed E-state index contributed by atoms with van der Waals surface area (Å²) in [6.07, 6.45) is 0. The van der Waals surface area contributed by atoms with Crippen LogP contribution >= 0.6 is 12.4 Å². The fraction of sp³-hybridized carbons (Fsp3) is 0. The van der Waals surface area contributed by atoms with Gasteiger partial charge in [-0.1, -0.05) is 22.7 Å². The van der Waals surface area contributed by atoms with Crippen molar-refractivity contribution in [1.29, 1.82) is 0 Å². The molecular formula is C7H8ClFN2O. The van der Waals surface area contributed by atoms with Gasteiger partial charge >= 0.3 is 6.03 Å². The van der Waals surface area contributed by atoms with E-state index in [1.54, 1.807) is 18.2 Å². The Labute approximate surface area is 75.3 Å². The molecule has 2 amide bonds. The average Bonchev–Trinajstić information content (AvgIpc) is 2.05. The van der Waals surface area contributed by atoms with Gasteiger partial charge in [-0.15, -0.1) is 17.5 Å². The van der Waals surface area contributed by atoms with Crippen LogP contribution in [0.15, 0.2) is 30.3 Å². The number of primary amides is 1. The van der Waals surface area contributed by atoms with Crippen molar-refractivity contribution in [2.24, 2.45) is 5.73 Å². The molecular weight excluding hydrogens is 183 g/mol. The van der Waals surface area contributed by atoms with Crippen molar-refractivity contribution in [3.63, 3.8) is 0 Å². The summed E-state index contributed by atoms with van der Waals surface area (Å²) in [7, 11) is 0. The van der Waals surface area contributed by atoms with Gasteiger partial charge in [0, 0.05) is 0 Å². The van der Waals surface area contributed by atoms with Crippen molar-refractivity contribution in [1.82, 2.24) is 0 Å². The van der Waals surface area contributed by atoms with Gasteiger partial charge in [0.2, 0.25) is 0 Å². The third-order valence-corrected chi connectivity index (χ3v) is 1.18. The Morgan fingerprint density at radius 2 is 1.83 bits per heavy atom. The molecule has 66 valence electrons. The predicted molar refractivity (Wildman–Crippen MR) is 46.9 cm³/mol. The standard InChI is InChI=1S/C7H7FN2O.ClH/c8-10(7(9)11)6-4-2-1-3-5-6;/h1-5H,(H2,9,11);1H. The first-order chi connectivity index (χ1) is 5.22. The van der Waals surface area contributed by atoms with E-state index < -0.39 is 6.03 Å². The van der Waals surface area contributed by atoms with Gasteiger partial charge in [0.15, 0.2) is 0 Å². The number of halogens is 2. The summed E-state index contributed by atoms with van der Waals surface area (Å²) in [5, 5.41) is -0.111. The summed E-state index contributed by atoms with van der Waals surface area (Å²) in [5.41, 5.74) is 4.82. The van der Waals surface area contributed by atoms with Gasteiger partial charge < -0.3 is 5.73 Å². The maximum Gasteiger partial charge on any atom is 0.347 e. The fourth-order valence-corrected chi connectivity index (χ4v) is 0.686. The van der Waals surface area contributed by atoms with Crippen molar-refractivity contribution < 1.29 is 9.28 Å². The molecule has 0 unspecified atom stereocenters. The first kappa shape index (κ1) is 10.7. The van der Waals surface area contributed by atoms with Crippen LogP contribution in [0.2, 0.25) is 0 Å². The highest BCUT2D eigenvalue weighted by atomic mass is 35.5. The van der Waals surface area contributed by atoms with E-state index in [9.17, 15) is 9.28 Å². The van der Waals surface area contributed by atoms with E-state index >= 15 is 0 Å². The lowest BCUT2D eigenvalue weighted by Gasteiger charge is -2.06. The summed E-state index contributed by atoms with van der Waals surface area (Å²) in [4.78, 5) is 10.3. The molecule has 1 aromatic rings. The lowest BCUT2D eigenvalue weighted by Crippen LogP contribution is -2.27. The Hall–Kier alpha value is -1.29. The minimum absolute atomic E-state index is 0. The zero-order valence-corrected chi connectivity index (χ0v) is 6.92. The van der Waals surface area contributed by atoms with Gasteiger partial charge in [-0.2, -0.15) is 0 Å². The summed E-state index contributed by atoms with van der Waals surface area (Å²) in [6.45, 7) is 0. The normalized spacial score (nSPS) is 8.42. The molecule has 0 spiro atoms. The van der Waals surface area contributed by atoms with Crippen molar-refractivity contribution in [3.05, 3.63) is 30.3 Å². The van der Waals surface area contributed by atoms with E-state index in [-0.39, 0.29) is 23.2 Å². The maximum absolute atomic E-state index is 12.6. The third-order valence-electron chi connectivity index (χ3n) is 1.18. The number of hydrogen-bond donors (Lipinski definition) is 1. The van der Waals surface area contributed by atoms with Crippen LogP contribution in [0.5, 0.6) is 0 Å². The number of amides is 2. The maximum atomic E-state index is 12.6. The Morgan fingerprint density at radius 1 is 1.33 bits per heavy atom. The molecule has 0 radical (unpaired) electrons. The third kappa shape index (κ3) is 2.39. The number of carbonyl (C=O) groups is 1. The van der Waals surface area contributed by atoms with E-state index in [4.69, 9.17) is 0 Å². The molecule has 0 aliphatic carbocycles. The largest absolute Gasteiger partial charge is 0.349 e. The minimum atomic E-state index is -1.11. The van der Waals surface area contributed by atoms with Crippen LogP contribution in [-0.2, 0) is 0 Å². The van der Waals surface area contributed by atoms with Crippen LogP contribution in [-0.4, -0.2) is 6.03 Å². The van der Waals surface area contributed by atoms with Crippen LogP contribution in [0.4, 0.5) is 15.0 Å². The van der Waals surface area contributed by atoms with Gasteiger partial charge in [-0.3, -0.25) is 0 Å². The molecule has 0 bridgehead atoms. The van der Waals surface area contributed by atoms with Gasteiger partial charge in [-0.05, 0) is 12.1 Å². The highest BCUT2D eigenvalue weighted by molar-refractivity contribution is 5.88. The number of anilines is 1. The van der Waals surface area contributed by atoms with Crippen LogP contribution < -0.4 is 10.9 Å². The number of para-hydroxylation sites is 1. The Bertz CT molecular complexity index is 255. The monoisotopic (exact) mass is 190 g/mol. The Kier molecular flexibility index (Phi) is 4.07. The molecule has 5 heteroatoms. The molecule has 1 aromatic carbocycles. The molecule has 2 N–H and O–H groups in total. The summed E-state index contributed by atoms with van der Waals surface area (Å²) in [6, 6.07) is 6.74. The number of nitrogens with zero attached hydrogens (tertiary/aromatic N) is 1. The summed E-state index contributed by atoms with van der Waals surface area (Å²) < 4.78 is 12.6. The molecule has 0 heterocycles. The molecule has 0 saturated carbocycles. The van der Waals surface area contributed by atoms with Gasteiger partial charge in [0.25, 0.3) is 0 Å². The number of carbonyl (C=O) groups excluding carboxylic acids is 1. The second-order valence-corrected chi connectivity index (χ2v) is 1.95.